The lowest BCUT2D eigenvalue weighted by Gasteiger charge is -2.14. The lowest BCUT2D eigenvalue weighted by atomic mass is 10.0. The van der Waals surface area contributed by atoms with Crippen LogP contribution in [0.1, 0.15) is 12.0 Å². The minimum Gasteiger partial charge on any atom is -0.493 e. The summed E-state index contributed by atoms with van der Waals surface area (Å²) in [7, 11) is 2.97. The molecule has 3 rings (SSSR count). The number of hydrogen-bond donors (Lipinski definition) is 1. The van der Waals surface area contributed by atoms with Crippen LogP contribution in [0.25, 0.3) is 0 Å². The van der Waals surface area contributed by atoms with Gasteiger partial charge in [0.2, 0.25) is 6.10 Å². The number of anilines is 1. The maximum absolute atomic E-state index is 13.3. The molecular weight excluding hydrogens is 363 g/mol. The van der Waals surface area contributed by atoms with Crippen molar-refractivity contribution in [1.29, 1.82) is 0 Å². The molecule has 1 aliphatic heterocycles. The predicted molar refractivity (Wildman–Crippen MR) is 95.6 cm³/mol. The summed E-state index contributed by atoms with van der Waals surface area (Å²) >= 11 is 6.17. The van der Waals surface area contributed by atoms with Crippen LogP contribution in [0.3, 0.4) is 0 Å². The highest BCUT2D eigenvalue weighted by Gasteiger charge is 2.29. The van der Waals surface area contributed by atoms with Gasteiger partial charge in [-0.1, -0.05) is 28.9 Å². The van der Waals surface area contributed by atoms with Gasteiger partial charge in [0.1, 0.15) is 5.82 Å². The van der Waals surface area contributed by atoms with Crippen LogP contribution >= 0.6 is 11.6 Å². The molecule has 6 nitrogen and oxygen atoms in total. The minimum absolute atomic E-state index is 0.222. The Bertz CT molecular complexity index is 872. The summed E-state index contributed by atoms with van der Waals surface area (Å²) in [6.07, 6.45) is -0.613. The zero-order chi connectivity index (χ0) is 18.7. The highest BCUT2D eigenvalue weighted by Crippen LogP contribution is 2.36. The van der Waals surface area contributed by atoms with Crippen molar-refractivity contribution in [2.24, 2.45) is 5.16 Å². The number of halogens is 2. The van der Waals surface area contributed by atoms with E-state index in [1.807, 2.05) is 0 Å². The SMILES string of the molecule is COc1cc(Cl)c(NC(=O)[C@H]2CC(c3cccc(F)c3)=NO2)cc1OC. The van der Waals surface area contributed by atoms with Gasteiger partial charge >= 0.3 is 0 Å². The maximum Gasteiger partial charge on any atom is 0.268 e. The van der Waals surface area contributed by atoms with Crippen molar-refractivity contribution in [3.63, 3.8) is 0 Å². The largest absolute Gasteiger partial charge is 0.493 e. The molecule has 1 atom stereocenters. The predicted octanol–water partition coefficient (Wildman–Crippen LogP) is 3.63. The Balaban J connectivity index is 1.70. The Kier molecular flexibility index (Phi) is 5.27. The lowest BCUT2D eigenvalue weighted by molar-refractivity contribution is -0.125. The average Bonchev–Trinajstić information content (AvgIpc) is 3.13. The number of amides is 1. The van der Waals surface area contributed by atoms with Gasteiger partial charge in [0.05, 0.1) is 30.6 Å². The van der Waals surface area contributed by atoms with E-state index in [1.165, 1.54) is 26.4 Å². The molecule has 136 valence electrons. The molecular formula is C18H16ClFN2O4. The van der Waals surface area contributed by atoms with Crippen LogP contribution in [-0.2, 0) is 9.63 Å². The Morgan fingerprint density at radius 3 is 2.69 bits per heavy atom. The third-order valence-corrected chi connectivity index (χ3v) is 4.16. The number of ether oxygens (including phenoxy) is 2. The first kappa shape index (κ1) is 18.0. The van der Waals surface area contributed by atoms with E-state index < -0.39 is 12.0 Å². The van der Waals surface area contributed by atoms with Crippen molar-refractivity contribution in [3.8, 4) is 11.5 Å². The van der Waals surface area contributed by atoms with Gasteiger partial charge in [0, 0.05) is 24.1 Å². The standard InChI is InChI=1S/C18H16ClFN2O4/c1-24-15-7-12(19)14(9-16(15)25-2)21-18(23)17-8-13(22-26-17)10-4-3-5-11(20)6-10/h3-7,9,17H,8H2,1-2H3,(H,21,23)/t17-/m1/s1. The summed E-state index contributed by atoms with van der Waals surface area (Å²) in [6, 6.07) is 9.06. The molecule has 26 heavy (non-hydrogen) atoms. The molecule has 0 spiro atoms. The molecule has 0 fully saturated rings. The monoisotopic (exact) mass is 378 g/mol. The van der Waals surface area contributed by atoms with Crippen molar-refractivity contribution in [2.45, 2.75) is 12.5 Å². The summed E-state index contributed by atoms with van der Waals surface area (Å²) < 4.78 is 23.7. The Labute approximate surface area is 154 Å². The van der Waals surface area contributed by atoms with Gasteiger partial charge in [-0.15, -0.1) is 0 Å². The first-order valence-electron chi connectivity index (χ1n) is 7.73. The van der Waals surface area contributed by atoms with E-state index >= 15 is 0 Å². The van der Waals surface area contributed by atoms with E-state index in [9.17, 15) is 9.18 Å². The number of carbonyl (C=O) groups is 1. The molecule has 8 heteroatoms. The molecule has 0 aliphatic carbocycles. The fourth-order valence-corrected chi connectivity index (χ4v) is 2.72. The van der Waals surface area contributed by atoms with E-state index in [2.05, 4.69) is 10.5 Å². The molecule has 0 unspecified atom stereocenters. The van der Waals surface area contributed by atoms with Gasteiger partial charge in [-0.2, -0.15) is 0 Å². The van der Waals surface area contributed by atoms with E-state index in [4.69, 9.17) is 25.9 Å². The highest BCUT2D eigenvalue weighted by molar-refractivity contribution is 6.34. The summed E-state index contributed by atoms with van der Waals surface area (Å²) in [5, 5.41) is 6.86. The number of nitrogens with one attached hydrogen (secondary N) is 1. The number of methoxy groups -OCH3 is 2. The number of nitrogens with zero attached hydrogens (tertiary/aromatic N) is 1. The van der Waals surface area contributed by atoms with Gasteiger partial charge in [0.15, 0.2) is 11.5 Å². The van der Waals surface area contributed by atoms with Gasteiger partial charge < -0.3 is 19.6 Å². The molecule has 2 aromatic rings. The molecule has 1 aliphatic rings. The van der Waals surface area contributed by atoms with E-state index in [-0.39, 0.29) is 12.2 Å². The number of rotatable bonds is 5. The number of benzene rings is 2. The van der Waals surface area contributed by atoms with E-state index in [0.29, 0.717) is 33.5 Å². The normalized spacial score (nSPS) is 15.8. The van der Waals surface area contributed by atoms with E-state index in [1.54, 1.807) is 24.3 Å². The van der Waals surface area contributed by atoms with Crippen molar-refractivity contribution in [3.05, 3.63) is 52.8 Å². The number of hydrogen-bond acceptors (Lipinski definition) is 5. The Morgan fingerprint density at radius 2 is 2.00 bits per heavy atom. The zero-order valence-electron chi connectivity index (χ0n) is 14.1. The van der Waals surface area contributed by atoms with Crippen LogP contribution in [0.15, 0.2) is 41.6 Å². The second-order valence-corrected chi connectivity index (χ2v) is 5.93. The molecule has 2 aromatic carbocycles. The lowest BCUT2D eigenvalue weighted by Crippen LogP contribution is -2.28. The Hall–Kier alpha value is -2.80. The van der Waals surface area contributed by atoms with Crippen molar-refractivity contribution in [1.82, 2.24) is 0 Å². The van der Waals surface area contributed by atoms with Crippen LogP contribution < -0.4 is 14.8 Å². The molecule has 1 N–H and O–H groups in total. The summed E-state index contributed by atoms with van der Waals surface area (Å²) in [4.78, 5) is 17.6. The molecule has 0 saturated heterocycles. The topological polar surface area (TPSA) is 69.2 Å². The van der Waals surface area contributed by atoms with Crippen molar-refractivity contribution >= 4 is 28.9 Å². The number of carbonyl (C=O) groups excluding carboxylic acids is 1. The summed E-state index contributed by atoms with van der Waals surface area (Å²) in [5.74, 6) is 0.0741. The smallest absolute Gasteiger partial charge is 0.268 e. The molecule has 0 saturated carbocycles. The van der Waals surface area contributed by atoms with Crippen LogP contribution in [0, 0.1) is 5.82 Å². The Morgan fingerprint density at radius 1 is 1.27 bits per heavy atom. The zero-order valence-corrected chi connectivity index (χ0v) is 14.8. The molecule has 0 bridgehead atoms. The average molecular weight is 379 g/mol. The third kappa shape index (κ3) is 3.72. The highest BCUT2D eigenvalue weighted by atomic mass is 35.5. The van der Waals surface area contributed by atoms with Gasteiger partial charge in [0.25, 0.3) is 5.91 Å². The third-order valence-electron chi connectivity index (χ3n) is 3.85. The van der Waals surface area contributed by atoms with Crippen LogP contribution in [0.2, 0.25) is 5.02 Å². The summed E-state index contributed by atoms with van der Waals surface area (Å²) in [6.45, 7) is 0. The van der Waals surface area contributed by atoms with Crippen LogP contribution in [0.5, 0.6) is 11.5 Å². The first-order chi connectivity index (χ1) is 12.5. The van der Waals surface area contributed by atoms with E-state index in [0.717, 1.165) is 0 Å². The second-order valence-electron chi connectivity index (χ2n) is 5.52. The van der Waals surface area contributed by atoms with Gasteiger partial charge in [-0.25, -0.2) is 4.39 Å². The van der Waals surface area contributed by atoms with Gasteiger partial charge in [-0.3, -0.25) is 4.79 Å². The number of oxime groups is 1. The fraction of sp³-hybridized carbons (Fsp3) is 0.222. The van der Waals surface area contributed by atoms with Crippen molar-refractivity contribution in [2.75, 3.05) is 19.5 Å². The van der Waals surface area contributed by atoms with Crippen molar-refractivity contribution < 1.29 is 23.5 Å². The molecule has 1 amide bonds. The van der Waals surface area contributed by atoms with Crippen LogP contribution in [-0.4, -0.2) is 31.9 Å². The molecule has 1 heterocycles. The fourth-order valence-electron chi connectivity index (χ4n) is 2.52. The quantitative estimate of drug-likeness (QED) is 0.862. The first-order valence-corrected chi connectivity index (χ1v) is 8.10. The molecule has 0 aromatic heterocycles. The maximum atomic E-state index is 13.3. The van der Waals surface area contributed by atoms with Crippen LogP contribution in [0.4, 0.5) is 10.1 Å². The molecule has 0 radical (unpaired) electrons. The van der Waals surface area contributed by atoms with Gasteiger partial charge in [-0.05, 0) is 12.1 Å². The minimum atomic E-state index is -0.836. The second kappa shape index (κ2) is 7.61. The summed E-state index contributed by atoms with van der Waals surface area (Å²) in [5.41, 5.74) is 1.43.